The van der Waals surface area contributed by atoms with Crippen LogP contribution in [-0.4, -0.2) is 73.7 Å². The Morgan fingerprint density at radius 2 is 2.06 bits per heavy atom. The molecular formula is C24H37N3O5S. The minimum atomic E-state index is -3.88. The maximum absolute atomic E-state index is 13.6. The van der Waals surface area contributed by atoms with E-state index in [2.05, 4.69) is 11.4 Å². The summed E-state index contributed by atoms with van der Waals surface area (Å²) in [6, 6.07) is 4.47. The molecule has 3 atom stereocenters. The van der Waals surface area contributed by atoms with Crippen molar-refractivity contribution in [1.29, 1.82) is 0 Å². The molecule has 1 heterocycles. The summed E-state index contributed by atoms with van der Waals surface area (Å²) >= 11 is 0. The summed E-state index contributed by atoms with van der Waals surface area (Å²) < 4.78 is 34.8. The lowest BCUT2D eigenvalue weighted by Gasteiger charge is -2.37. The number of aliphatic hydroxyl groups excluding tert-OH is 1. The molecule has 0 radical (unpaired) electrons. The first-order valence-electron chi connectivity index (χ1n) is 11.7. The van der Waals surface area contributed by atoms with Crippen LogP contribution in [0.2, 0.25) is 0 Å². The zero-order valence-electron chi connectivity index (χ0n) is 20.2. The number of amides is 2. The minimum Gasteiger partial charge on any atom is -0.487 e. The molecule has 1 aromatic rings. The number of nitrogens with one attached hydrogen (secondary N) is 1. The van der Waals surface area contributed by atoms with Gasteiger partial charge in [0.2, 0.25) is 10.0 Å². The van der Waals surface area contributed by atoms with E-state index in [1.54, 1.807) is 24.9 Å². The highest BCUT2D eigenvalue weighted by Gasteiger charge is 2.38. The number of hydrogen-bond acceptors (Lipinski definition) is 5. The summed E-state index contributed by atoms with van der Waals surface area (Å²) in [5, 5.41) is 12.6. The molecule has 9 heteroatoms. The van der Waals surface area contributed by atoms with E-state index in [9.17, 15) is 18.3 Å². The summed E-state index contributed by atoms with van der Waals surface area (Å²) in [6.07, 6.45) is 4.81. The fourth-order valence-corrected chi connectivity index (χ4v) is 6.11. The maximum Gasteiger partial charge on any atom is 0.317 e. The van der Waals surface area contributed by atoms with Crippen LogP contribution in [0.1, 0.15) is 52.5 Å². The van der Waals surface area contributed by atoms with E-state index in [1.165, 1.54) is 9.88 Å². The van der Waals surface area contributed by atoms with Crippen LogP contribution in [0.25, 0.3) is 5.57 Å². The second-order valence-corrected chi connectivity index (χ2v) is 11.4. The minimum absolute atomic E-state index is 0.00429. The van der Waals surface area contributed by atoms with Gasteiger partial charge in [-0.3, -0.25) is 0 Å². The third-order valence-electron chi connectivity index (χ3n) is 6.29. The maximum atomic E-state index is 13.6. The van der Waals surface area contributed by atoms with Crippen LogP contribution in [0, 0.1) is 5.92 Å². The average molecular weight is 480 g/mol. The molecule has 0 fully saturated rings. The van der Waals surface area contributed by atoms with Crippen LogP contribution < -0.4 is 10.1 Å². The van der Waals surface area contributed by atoms with Crippen LogP contribution in [0.3, 0.4) is 0 Å². The number of fused-ring (bicyclic) bond motifs is 1. The highest BCUT2D eigenvalue weighted by atomic mass is 32.2. The molecule has 33 heavy (non-hydrogen) atoms. The normalized spacial score (nSPS) is 23.7. The molecule has 1 aliphatic carbocycles. The number of carbonyl (C=O) groups excluding carboxylic acids is 1. The van der Waals surface area contributed by atoms with Crippen molar-refractivity contribution in [2.24, 2.45) is 5.92 Å². The molecular weight excluding hydrogens is 442 g/mol. The van der Waals surface area contributed by atoms with E-state index in [-0.39, 0.29) is 36.0 Å². The molecule has 1 aromatic carbocycles. The van der Waals surface area contributed by atoms with Gasteiger partial charge in [0.05, 0.1) is 13.2 Å². The zero-order chi connectivity index (χ0) is 24.3. The van der Waals surface area contributed by atoms with Gasteiger partial charge < -0.3 is 20.1 Å². The van der Waals surface area contributed by atoms with E-state index in [0.29, 0.717) is 12.3 Å². The topological polar surface area (TPSA) is 99.2 Å². The number of allylic oxidation sites excluding steroid dienone is 2. The first-order chi connectivity index (χ1) is 15.5. The van der Waals surface area contributed by atoms with E-state index >= 15 is 0 Å². The van der Waals surface area contributed by atoms with Gasteiger partial charge in [0.25, 0.3) is 0 Å². The van der Waals surface area contributed by atoms with Gasteiger partial charge in [-0.1, -0.05) is 19.1 Å². The average Bonchev–Trinajstić information content (AvgIpc) is 3.29. The number of hydrogen-bond donors (Lipinski definition) is 2. The van der Waals surface area contributed by atoms with E-state index in [1.807, 2.05) is 32.9 Å². The molecule has 0 aromatic heterocycles. The summed E-state index contributed by atoms with van der Waals surface area (Å²) in [7, 11) is -2.17. The summed E-state index contributed by atoms with van der Waals surface area (Å²) in [5.41, 5.74) is 2.15. The molecule has 8 nitrogen and oxygen atoms in total. The van der Waals surface area contributed by atoms with Crippen LogP contribution in [0.15, 0.2) is 29.2 Å². The zero-order valence-corrected chi connectivity index (χ0v) is 21.1. The Hall–Kier alpha value is -2.10. The van der Waals surface area contributed by atoms with Crippen molar-refractivity contribution in [2.75, 3.05) is 26.7 Å². The smallest absolute Gasteiger partial charge is 0.317 e. The van der Waals surface area contributed by atoms with Crippen LogP contribution in [0.5, 0.6) is 5.75 Å². The Balaban J connectivity index is 2.02. The lowest BCUT2D eigenvalue weighted by atomic mass is 10.0. The highest BCUT2D eigenvalue weighted by molar-refractivity contribution is 7.89. The van der Waals surface area contributed by atoms with Crippen LogP contribution in [-0.2, 0) is 10.0 Å². The summed E-state index contributed by atoms with van der Waals surface area (Å²) in [4.78, 5) is 14.2. The lowest BCUT2D eigenvalue weighted by molar-refractivity contribution is 0.0809. The van der Waals surface area contributed by atoms with Gasteiger partial charge in [0.15, 0.2) is 0 Å². The van der Waals surface area contributed by atoms with Gasteiger partial charge in [-0.2, -0.15) is 4.31 Å². The highest BCUT2D eigenvalue weighted by Crippen LogP contribution is 2.37. The SMILES string of the molecule is CC(C)NC(=O)N(C)C[C@H]1Oc2cc(C3=CCCC3)ccc2S(=O)(=O)N([C@H](C)CO)C[C@H]1C. The Kier molecular flexibility index (Phi) is 8.08. The van der Waals surface area contributed by atoms with Crippen LogP contribution >= 0.6 is 0 Å². The van der Waals surface area contributed by atoms with Crippen molar-refractivity contribution in [2.45, 2.75) is 70.0 Å². The van der Waals surface area contributed by atoms with Gasteiger partial charge in [-0.25, -0.2) is 13.2 Å². The number of ether oxygens (including phenoxy) is 1. The van der Waals surface area contributed by atoms with E-state index in [0.717, 1.165) is 24.8 Å². The fourth-order valence-electron chi connectivity index (χ4n) is 4.29. The molecule has 0 bridgehead atoms. The molecule has 0 saturated carbocycles. The van der Waals surface area contributed by atoms with Crippen molar-refractivity contribution in [3.05, 3.63) is 29.8 Å². The second-order valence-electron chi connectivity index (χ2n) is 9.51. The number of sulfonamides is 1. The monoisotopic (exact) mass is 479 g/mol. The van der Waals surface area contributed by atoms with Gasteiger partial charge in [-0.15, -0.1) is 0 Å². The van der Waals surface area contributed by atoms with Crippen molar-refractivity contribution < 1.29 is 23.1 Å². The number of benzene rings is 1. The standard InChI is InChI=1S/C24H37N3O5S/c1-16(2)25-24(29)26(5)14-22-17(3)13-27(18(4)15-28)33(30,31)23-11-10-20(12-21(23)32-22)19-8-6-7-9-19/h8,10-12,16-18,22,28H,6-7,9,13-15H2,1-5H3,(H,25,29)/t17-,18-,22-/m1/s1. The Morgan fingerprint density at radius 1 is 1.33 bits per heavy atom. The third kappa shape index (κ3) is 5.70. The molecule has 3 rings (SSSR count). The number of rotatable bonds is 6. The number of nitrogens with zero attached hydrogens (tertiary/aromatic N) is 2. The molecule has 1 aliphatic heterocycles. The third-order valence-corrected chi connectivity index (χ3v) is 8.31. The number of likely N-dealkylation sites (N-methyl/N-ethyl adjacent to an activating group) is 1. The molecule has 2 N–H and O–H groups in total. The first kappa shape index (κ1) is 25.5. The van der Waals surface area contributed by atoms with Gasteiger partial charge in [0.1, 0.15) is 16.7 Å². The number of aliphatic hydroxyl groups is 1. The Bertz CT molecular complexity index is 992. The quantitative estimate of drug-likeness (QED) is 0.653. The molecule has 0 unspecified atom stereocenters. The molecule has 2 aliphatic rings. The van der Waals surface area contributed by atoms with E-state index < -0.39 is 22.2 Å². The predicted octanol–water partition coefficient (Wildman–Crippen LogP) is 3.07. The predicted molar refractivity (Wildman–Crippen MR) is 129 cm³/mol. The summed E-state index contributed by atoms with van der Waals surface area (Å²) in [5.74, 6) is 0.0789. The van der Waals surface area contributed by atoms with Gasteiger partial charge in [-0.05, 0) is 63.3 Å². The van der Waals surface area contributed by atoms with Crippen LogP contribution in [0.4, 0.5) is 4.79 Å². The summed E-state index contributed by atoms with van der Waals surface area (Å²) in [6.45, 7) is 7.61. The van der Waals surface area contributed by atoms with Crippen molar-refractivity contribution in [1.82, 2.24) is 14.5 Å². The van der Waals surface area contributed by atoms with Gasteiger partial charge in [0, 0.05) is 31.6 Å². The molecule has 2 amide bonds. The van der Waals surface area contributed by atoms with Crippen molar-refractivity contribution in [3.63, 3.8) is 0 Å². The number of carbonyl (C=O) groups is 1. The Morgan fingerprint density at radius 3 is 2.67 bits per heavy atom. The largest absolute Gasteiger partial charge is 0.487 e. The molecule has 184 valence electrons. The Labute approximate surface area is 197 Å². The lowest BCUT2D eigenvalue weighted by Crippen LogP contribution is -2.51. The fraction of sp³-hybridized carbons (Fsp3) is 0.625. The van der Waals surface area contributed by atoms with Crippen molar-refractivity contribution >= 4 is 21.6 Å². The van der Waals surface area contributed by atoms with Crippen molar-refractivity contribution in [3.8, 4) is 5.75 Å². The second kappa shape index (κ2) is 10.4. The molecule has 0 spiro atoms. The number of urea groups is 1. The molecule has 0 saturated heterocycles. The van der Waals surface area contributed by atoms with Gasteiger partial charge >= 0.3 is 6.03 Å². The van der Waals surface area contributed by atoms with E-state index in [4.69, 9.17) is 4.74 Å². The first-order valence-corrected chi connectivity index (χ1v) is 13.1.